The normalized spacial score (nSPS) is 29.5. The summed E-state index contributed by atoms with van der Waals surface area (Å²) in [5.41, 5.74) is 6.32. The predicted molar refractivity (Wildman–Crippen MR) is 135 cm³/mol. The molecule has 2 bridgehead atoms. The summed E-state index contributed by atoms with van der Waals surface area (Å²) < 4.78 is 18.2. The zero-order valence-electron chi connectivity index (χ0n) is 21.5. The Morgan fingerprint density at radius 3 is 3.00 bits per heavy atom. The number of carbonyl (C=O) groups excluding carboxylic acids is 2. The number of amides is 1. The van der Waals surface area contributed by atoms with E-state index in [0.717, 1.165) is 17.7 Å². The molecule has 5 N–H and O–H groups in total. The molecular weight excluding hydrogens is 490 g/mol. The van der Waals surface area contributed by atoms with Crippen LogP contribution >= 0.6 is 0 Å². The van der Waals surface area contributed by atoms with Crippen LogP contribution in [0.5, 0.6) is 11.5 Å². The second-order valence-electron chi connectivity index (χ2n) is 10.6. The number of esters is 1. The quantitative estimate of drug-likeness (QED) is 0.358. The van der Waals surface area contributed by atoms with E-state index in [1.54, 1.807) is 19.4 Å². The minimum atomic E-state index is -1.10. The van der Waals surface area contributed by atoms with Crippen molar-refractivity contribution in [3.63, 3.8) is 0 Å². The van der Waals surface area contributed by atoms with Crippen LogP contribution in [0.1, 0.15) is 36.1 Å². The Bertz CT molecular complexity index is 1300. The number of hydrogen-bond acceptors (Lipinski definition) is 9. The van der Waals surface area contributed by atoms with Gasteiger partial charge in [-0.25, -0.2) is 9.78 Å². The van der Waals surface area contributed by atoms with E-state index in [1.807, 2.05) is 19.2 Å². The van der Waals surface area contributed by atoms with Crippen LogP contribution in [0.2, 0.25) is 0 Å². The van der Waals surface area contributed by atoms with E-state index in [4.69, 9.17) is 19.9 Å². The van der Waals surface area contributed by atoms with Gasteiger partial charge in [-0.1, -0.05) is 6.07 Å². The zero-order valence-corrected chi connectivity index (χ0v) is 21.5. The largest absolute Gasteiger partial charge is 0.493 e. The first-order chi connectivity index (χ1) is 18.3. The van der Waals surface area contributed by atoms with Crippen molar-refractivity contribution in [2.75, 3.05) is 27.2 Å². The third kappa shape index (κ3) is 3.49. The molecule has 4 aliphatic rings. The molecule has 6 rings (SSSR count). The van der Waals surface area contributed by atoms with Gasteiger partial charge < -0.3 is 40.3 Å². The minimum absolute atomic E-state index is 0.0850. The molecule has 11 heteroatoms. The van der Waals surface area contributed by atoms with Gasteiger partial charge in [0.1, 0.15) is 11.8 Å². The number of piperidine rings is 1. The SMILES string of the molecule is COc1ccc2c3c1O[C@H]1C(OC(=O)[C@H](Cc4c[nH]cn4)NC(=O)CCN)=CC[C@@]4(O)[C@@H](C2)N(C)CC[C@]314. The third-order valence-corrected chi connectivity index (χ3v) is 8.74. The van der Waals surface area contributed by atoms with E-state index in [-0.39, 0.29) is 31.3 Å². The van der Waals surface area contributed by atoms with Gasteiger partial charge >= 0.3 is 5.97 Å². The van der Waals surface area contributed by atoms with Crippen LogP contribution in [0, 0.1) is 0 Å². The van der Waals surface area contributed by atoms with E-state index in [2.05, 4.69) is 20.2 Å². The van der Waals surface area contributed by atoms with Crippen LogP contribution in [0.3, 0.4) is 0 Å². The average molecular weight is 524 g/mol. The van der Waals surface area contributed by atoms with Crippen molar-refractivity contribution in [2.45, 2.75) is 61.3 Å². The first kappa shape index (κ1) is 24.9. The summed E-state index contributed by atoms with van der Waals surface area (Å²) in [6, 6.07) is 2.87. The van der Waals surface area contributed by atoms with Gasteiger partial charge in [-0.3, -0.25) is 4.79 Å². The van der Waals surface area contributed by atoms with Gasteiger partial charge in [0.05, 0.1) is 30.1 Å². The van der Waals surface area contributed by atoms with Crippen molar-refractivity contribution >= 4 is 11.9 Å². The van der Waals surface area contributed by atoms with E-state index >= 15 is 0 Å². The molecule has 1 saturated heterocycles. The topological polar surface area (TPSA) is 152 Å². The molecule has 1 spiro atoms. The second-order valence-corrected chi connectivity index (χ2v) is 10.6. The standard InChI is InChI=1S/C27H33N5O6/c1-32-10-8-26-22-15-3-4-18(36-2)23(22)38-24(26)19(5-7-27(26,35)20(32)11-15)37-25(34)17(31-21(33)6-9-28)12-16-13-29-14-30-16/h3-5,13-14,17,20,24,35H,6-12,28H2,1-2H3,(H,29,30)(H,31,33)/t17-,20+,24-,26-,27+/m0/s1. The molecule has 2 aliphatic carbocycles. The van der Waals surface area contributed by atoms with Gasteiger partial charge in [0.2, 0.25) is 5.91 Å². The lowest BCUT2D eigenvalue weighted by atomic mass is 9.50. The lowest BCUT2D eigenvalue weighted by Crippen LogP contribution is -2.74. The van der Waals surface area contributed by atoms with Crippen LogP contribution in [-0.2, 0) is 32.6 Å². The highest BCUT2D eigenvalue weighted by molar-refractivity contribution is 5.85. The Labute approximate surface area is 220 Å². The number of H-pyrrole nitrogens is 1. The number of likely N-dealkylation sites (tertiary alicyclic amines) is 1. The molecule has 38 heavy (non-hydrogen) atoms. The maximum absolute atomic E-state index is 13.5. The number of nitrogens with two attached hydrogens (primary N) is 1. The highest BCUT2D eigenvalue weighted by Gasteiger charge is 2.72. The molecule has 1 aromatic heterocycles. The summed E-state index contributed by atoms with van der Waals surface area (Å²) in [6.45, 7) is 0.928. The van der Waals surface area contributed by atoms with E-state index in [9.17, 15) is 14.7 Å². The Morgan fingerprint density at radius 1 is 1.42 bits per heavy atom. The molecule has 5 atom stereocenters. The van der Waals surface area contributed by atoms with Gasteiger partial charge in [0.15, 0.2) is 17.6 Å². The molecule has 0 saturated carbocycles. The van der Waals surface area contributed by atoms with Crippen molar-refractivity contribution in [3.05, 3.63) is 53.3 Å². The molecule has 2 aliphatic heterocycles. The van der Waals surface area contributed by atoms with Gasteiger partial charge in [-0.05, 0) is 44.1 Å². The highest BCUT2D eigenvalue weighted by atomic mass is 16.6. The fourth-order valence-electron chi connectivity index (χ4n) is 6.98. The second kappa shape index (κ2) is 9.11. The molecule has 2 aromatic rings. The monoisotopic (exact) mass is 523 g/mol. The summed E-state index contributed by atoms with van der Waals surface area (Å²) in [7, 11) is 3.63. The number of methoxy groups -OCH3 is 1. The Kier molecular flexibility index (Phi) is 5.97. The molecule has 11 nitrogen and oxygen atoms in total. The number of nitrogens with one attached hydrogen (secondary N) is 2. The molecule has 1 fully saturated rings. The van der Waals surface area contributed by atoms with Crippen molar-refractivity contribution in [2.24, 2.45) is 5.73 Å². The molecule has 1 aromatic carbocycles. The number of benzene rings is 1. The minimum Gasteiger partial charge on any atom is -0.493 e. The number of nitrogens with zero attached hydrogens (tertiary/aromatic N) is 2. The van der Waals surface area contributed by atoms with Crippen LogP contribution in [0.25, 0.3) is 0 Å². The maximum Gasteiger partial charge on any atom is 0.334 e. The molecule has 0 radical (unpaired) electrons. The molecule has 0 unspecified atom stereocenters. The lowest BCUT2D eigenvalue weighted by molar-refractivity contribution is -0.170. The fraction of sp³-hybridized carbons (Fsp3) is 0.519. The summed E-state index contributed by atoms with van der Waals surface area (Å²) in [6.07, 6.45) is 6.10. The van der Waals surface area contributed by atoms with Crippen LogP contribution in [-0.4, -0.2) is 82.9 Å². The zero-order chi connectivity index (χ0) is 26.7. The number of aliphatic hydroxyl groups is 1. The summed E-state index contributed by atoms with van der Waals surface area (Å²) >= 11 is 0. The van der Waals surface area contributed by atoms with Crippen LogP contribution in [0.15, 0.2) is 36.5 Å². The van der Waals surface area contributed by atoms with Crippen LogP contribution < -0.4 is 20.5 Å². The summed E-state index contributed by atoms with van der Waals surface area (Å²) in [5, 5.41) is 15.1. The average Bonchev–Trinajstić information content (AvgIpc) is 3.53. The van der Waals surface area contributed by atoms with Crippen molar-refractivity contribution in [1.82, 2.24) is 20.2 Å². The van der Waals surface area contributed by atoms with Crippen LogP contribution in [0.4, 0.5) is 0 Å². The molecule has 202 valence electrons. The smallest absolute Gasteiger partial charge is 0.334 e. The Balaban J connectivity index is 1.36. The predicted octanol–water partition coefficient (Wildman–Crippen LogP) is 0.316. The van der Waals surface area contributed by atoms with E-state index in [0.29, 0.717) is 42.2 Å². The third-order valence-electron chi connectivity index (χ3n) is 8.74. The van der Waals surface area contributed by atoms with Crippen molar-refractivity contribution in [3.8, 4) is 11.5 Å². The number of aromatic nitrogens is 2. The number of carbonyl (C=O) groups is 2. The van der Waals surface area contributed by atoms with Gasteiger partial charge in [0.25, 0.3) is 0 Å². The van der Waals surface area contributed by atoms with E-state index in [1.165, 1.54) is 6.33 Å². The molecule has 1 amide bonds. The maximum atomic E-state index is 13.5. The molecule has 3 heterocycles. The van der Waals surface area contributed by atoms with Crippen molar-refractivity contribution < 1.29 is 28.9 Å². The summed E-state index contributed by atoms with van der Waals surface area (Å²) in [4.78, 5) is 35.2. The number of ether oxygens (including phenoxy) is 3. The fourth-order valence-corrected chi connectivity index (χ4v) is 6.98. The molecular formula is C27H33N5O6. The number of imidazole rings is 1. The van der Waals surface area contributed by atoms with Crippen molar-refractivity contribution in [1.29, 1.82) is 0 Å². The number of rotatable bonds is 8. The van der Waals surface area contributed by atoms with Gasteiger partial charge in [-0.15, -0.1) is 0 Å². The highest BCUT2D eigenvalue weighted by Crippen LogP contribution is 2.65. The van der Waals surface area contributed by atoms with E-state index < -0.39 is 29.1 Å². The van der Waals surface area contributed by atoms with Gasteiger partial charge in [0, 0.05) is 43.6 Å². The van der Waals surface area contributed by atoms with Gasteiger partial charge in [-0.2, -0.15) is 0 Å². The number of likely N-dealkylation sites (N-methyl/N-ethyl adjacent to an activating group) is 1. The number of hydrogen-bond donors (Lipinski definition) is 4. The first-order valence-corrected chi connectivity index (χ1v) is 13.0. The summed E-state index contributed by atoms with van der Waals surface area (Å²) in [5.74, 6) is 0.556. The number of aromatic amines is 1. The Morgan fingerprint density at radius 2 is 2.26 bits per heavy atom. The first-order valence-electron chi connectivity index (χ1n) is 13.0. The Hall–Kier alpha value is -3.41. The lowest BCUT2D eigenvalue weighted by Gasteiger charge is -2.61.